The Bertz CT molecular complexity index is 157. The SMILES string of the molecule is O=CC1CNC(C(=O)O)C1. The zero-order chi connectivity index (χ0) is 7.56. The van der Waals surface area contributed by atoms with Gasteiger partial charge in [0.15, 0.2) is 0 Å². The fourth-order valence-corrected chi connectivity index (χ4v) is 1.05. The monoisotopic (exact) mass is 143 g/mol. The Hall–Kier alpha value is -0.900. The molecule has 0 aromatic carbocycles. The van der Waals surface area contributed by atoms with Gasteiger partial charge in [0.05, 0.1) is 0 Å². The van der Waals surface area contributed by atoms with E-state index in [0.717, 1.165) is 6.29 Å². The second-order valence-electron chi connectivity index (χ2n) is 2.43. The van der Waals surface area contributed by atoms with Crippen molar-refractivity contribution in [2.75, 3.05) is 6.54 Å². The highest BCUT2D eigenvalue weighted by atomic mass is 16.4. The second kappa shape index (κ2) is 2.79. The first-order chi connectivity index (χ1) is 4.74. The molecule has 0 aromatic heterocycles. The smallest absolute Gasteiger partial charge is 0.320 e. The molecule has 0 saturated carbocycles. The summed E-state index contributed by atoms with van der Waals surface area (Å²) in [5.41, 5.74) is 0. The van der Waals surface area contributed by atoms with Crippen LogP contribution >= 0.6 is 0 Å². The van der Waals surface area contributed by atoms with Crippen LogP contribution in [0.2, 0.25) is 0 Å². The predicted octanol–water partition coefficient (Wildman–Crippen LogP) is -0.752. The van der Waals surface area contributed by atoms with Crippen LogP contribution in [0.4, 0.5) is 0 Å². The van der Waals surface area contributed by atoms with Crippen molar-refractivity contribution in [1.29, 1.82) is 0 Å². The maximum absolute atomic E-state index is 10.3. The molecular formula is C6H9NO3. The lowest BCUT2D eigenvalue weighted by atomic mass is 10.1. The summed E-state index contributed by atoms with van der Waals surface area (Å²) in [5, 5.41) is 11.2. The summed E-state index contributed by atoms with van der Waals surface area (Å²) in [6.07, 6.45) is 1.23. The van der Waals surface area contributed by atoms with Gasteiger partial charge in [0.2, 0.25) is 0 Å². The summed E-state index contributed by atoms with van der Waals surface area (Å²) in [4.78, 5) is 20.4. The van der Waals surface area contributed by atoms with Gasteiger partial charge < -0.3 is 15.2 Å². The first kappa shape index (κ1) is 7.21. The summed E-state index contributed by atoms with van der Waals surface area (Å²) in [6.45, 7) is 0.500. The largest absolute Gasteiger partial charge is 0.480 e. The predicted molar refractivity (Wildman–Crippen MR) is 33.6 cm³/mol. The maximum Gasteiger partial charge on any atom is 0.320 e. The Balaban J connectivity index is 2.42. The quantitative estimate of drug-likeness (QED) is 0.499. The van der Waals surface area contributed by atoms with Crippen molar-refractivity contribution in [3.8, 4) is 0 Å². The van der Waals surface area contributed by atoms with Crippen LogP contribution in [0.1, 0.15) is 6.42 Å². The van der Waals surface area contributed by atoms with E-state index < -0.39 is 12.0 Å². The second-order valence-corrected chi connectivity index (χ2v) is 2.43. The van der Waals surface area contributed by atoms with Crippen LogP contribution in [0.15, 0.2) is 0 Å². The number of hydrogen-bond donors (Lipinski definition) is 2. The van der Waals surface area contributed by atoms with Crippen molar-refractivity contribution in [3.05, 3.63) is 0 Å². The first-order valence-electron chi connectivity index (χ1n) is 3.15. The zero-order valence-corrected chi connectivity index (χ0v) is 5.41. The number of carboxylic acid groups (broad SMARTS) is 1. The van der Waals surface area contributed by atoms with Crippen LogP contribution in [-0.2, 0) is 9.59 Å². The number of carbonyl (C=O) groups excluding carboxylic acids is 1. The van der Waals surface area contributed by atoms with Crippen molar-refractivity contribution in [3.63, 3.8) is 0 Å². The van der Waals surface area contributed by atoms with Crippen molar-refractivity contribution in [1.82, 2.24) is 5.32 Å². The number of nitrogens with one attached hydrogen (secondary N) is 1. The Morgan fingerprint density at radius 3 is 2.70 bits per heavy atom. The van der Waals surface area contributed by atoms with Crippen LogP contribution in [0, 0.1) is 5.92 Å². The summed E-state index contributed by atoms with van der Waals surface area (Å²) >= 11 is 0. The van der Waals surface area contributed by atoms with E-state index in [2.05, 4.69) is 5.32 Å². The van der Waals surface area contributed by atoms with Gasteiger partial charge in [0, 0.05) is 12.5 Å². The fourth-order valence-electron chi connectivity index (χ4n) is 1.05. The Kier molecular flexibility index (Phi) is 2.01. The average molecular weight is 143 g/mol. The molecule has 4 heteroatoms. The highest BCUT2D eigenvalue weighted by molar-refractivity contribution is 5.75. The molecule has 56 valence electrons. The number of hydrogen-bond acceptors (Lipinski definition) is 3. The average Bonchev–Trinajstić information content (AvgIpc) is 2.34. The third kappa shape index (κ3) is 1.33. The normalized spacial score (nSPS) is 32.0. The molecule has 1 saturated heterocycles. The minimum absolute atomic E-state index is 0.110. The van der Waals surface area contributed by atoms with E-state index in [1.165, 1.54) is 0 Å². The van der Waals surface area contributed by atoms with Crippen molar-refractivity contribution in [2.45, 2.75) is 12.5 Å². The molecule has 1 aliphatic heterocycles. The van der Waals surface area contributed by atoms with E-state index in [0.29, 0.717) is 13.0 Å². The fraction of sp³-hybridized carbons (Fsp3) is 0.667. The molecule has 1 rings (SSSR count). The molecule has 0 spiro atoms. The lowest BCUT2D eigenvalue weighted by molar-refractivity contribution is -0.139. The van der Waals surface area contributed by atoms with Gasteiger partial charge in [-0.25, -0.2) is 0 Å². The van der Waals surface area contributed by atoms with Crippen LogP contribution in [0.25, 0.3) is 0 Å². The molecule has 2 unspecified atom stereocenters. The van der Waals surface area contributed by atoms with Crippen molar-refractivity contribution in [2.24, 2.45) is 5.92 Å². The molecule has 4 nitrogen and oxygen atoms in total. The number of carbonyl (C=O) groups is 2. The molecule has 2 N–H and O–H groups in total. The number of rotatable bonds is 2. The number of aliphatic carboxylic acids is 1. The van der Waals surface area contributed by atoms with E-state index in [4.69, 9.17) is 5.11 Å². The summed E-state index contributed by atoms with van der Waals surface area (Å²) in [7, 11) is 0. The first-order valence-corrected chi connectivity index (χ1v) is 3.15. The third-order valence-corrected chi connectivity index (χ3v) is 1.66. The lowest BCUT2D eigenvalue weighted by Crippen LogP contribution is -2.29. The van der Waals surface area contributed by atoms with Crippen LogP contribution in [0.5, 0.6) is 0 Å². The molecule has 2 atom stereocenters. The number of carboxylic acids is 1. The molecule has 1 heterocycles. The van der Waals surface area contributed by atoms with Crippen LogP contribution in [-0.4, -0.2) is 29.9 Å². The van der Waals surface area contributed by atoms with Gasteiger partial charge >= 0.3 is 5.97 Å². The molecule has 0 amide bonds. The molecule has 1 aliphatic rings. The van der Waals surface area contributed by atoms with Gasteiger partial charge in [0.1, 0.15) is 12.3 Å². The lowest BCUT2D eigenvalue weighted by Gasteiger charge is -1.99. The van der Waals surface area contributed by atoms with E-state index in [-0.39, 0.29) is 5.92 Å². The van der Waals surface area contributed by atoms with Crippen molar-refractivity contribution < 1.29 is 14.7 Å². The summed E-state index contributed by atoms with van der Waals surface area (Å²) in [5.74, 6) is -0.981. The topological polar surface area (TPSA) is 66.4 Å². The van der Waals surface area contributed by atoms with Gasteiger partial charge in [-0.05, 0) is 6.42 Å². The summed E-state index contributed by atoms with van der Waals surface area (Å²) < 4.78 is 0. The zero-order valence-electron chi connectivity index (χ0n) is 5.41. The van der Waals surface area contributed by atoms with Gasteiger partial charge in [-0.3, -0.25) is 4.79 Å². The molecule has 10 heavy (non-hydrogen) atoms. The molecule has 0 radical (unpaired) electrons. The van der Waals surface area contributed by atoms with Crippen LogP contribution < -0.4 is 5.32 Å². The van der Waals surface area contributed by atoms with E-state index >= 15 is 0 Å². The van der Waals surface area contributed by atoms with Gasteiger partial charge in [-0.2, -0.15) is 0 Å². The van der Waals surface area contributed by atoms with Gasteiger partial charge in [-0.1, -0.05) is 0 Å². The maximum atomic E-state index is 10.3. The highest BCUT2D eigenvalue weighted by Gasteiger charge is 2.28. The Morgan fingerprint density at radius 1 is 1.70 bits per heavy atom. The Labute approximate surface area is 58.2 Å². The minimum Gasteiger partial charge on any atom is -0.480 e. The third-order valence-electron chi connectivity index (χ3n) is 1.66. The highest BCUT2D eigenvalue weighted by Crippen LogP contribution is 2.10. The molecule has 0 aromatic rings. The van der Waals surface area contributed by atoms with E-state index in [9.17, 15) is 9.59 Å². The van der Waals surface area contributed by atoms with E-state index in [1.807, 2.05) is 0 Å². The van der Waals surface area contributed by atoms with Crippen molar-refractivity contribution >= 4 is 12.3 Å². The molecule has 1 fully saturated rings. The summed E-state index contributed by atoms with van der Waals surface area (Å²) in [6, 6.07) is -0.518. The minimum atomic E-state index is -0.871. The molecule has 0 aliphatic carbocycles. The standard InChI is InChI=1S/C6H9NO3/c8-3-4-1-5(6(9)10)7-2-4/h3-5,7H,1-2H2,(H,9,10). The van der Waals surface area contributed by atoms with Gasteiger partial charge in [0.25, 0.3) is 0 Å². The van der Waals surface area contributed by atoms with Crippen LogP contribution in [0.3, 0.4) is 0 Å². The van der Waals surface area contributed by atoms with E-state index in [1.54, 1.807) is 0 Å². The Morgan fingerprint density at radius 2 is 2.40 bits per heavy atom. The molecular weight excluding hydrogens is 134 g/mol. The number of aldehydes is 1. The van der Waals surface area contributed by atoms with Gasteiger partial charge in [-0.15, -0.1) is 0 Å². The molecule has 0 bridgehead atoms.